The van der Waals surface area contributed by atoms with Gasteiger partial charge in [0.15, 0.2) is 11.5 Å². The molecule has 0 amide bonds. The Kier molecular flexibility index (Phi) is 5.65. The van der Waals surface area contributed by atoms with Gasteiger partial charge in [-0.15, -0.1) is 0 Å². The lowest BCUT2D eigenvalue weighted by Crippen LogP contribution is -2.13. The van der Waals surface area contributed by atoms with Gasteiger partial charge in [-0.2, -0.15) is 0 Å². The van der Waals surface area contributed by atoms with Crippen molar-refractivity contribution < 1.29 is 9.47 Å². The number of nitrogens with one attached hydrogen (secondary N) is 1. The molecule has 21 heavy (non-hydrogen) atoms. The normalized spacial score (nSPS) is 10.5. The molecule has 0 saturated carbocycles. The second kappa shape index (κ2) is 7.48. The third kappa shape index (κ3) is 4.22. The number of rotatable bonds is 6. The topological polar surface area (TPSA) is 30.5 Å². The van der Waals surface area contributed by atoms with E-state index in [1.165, 1.54) is 11.1 Å². The summed E-state index contributed by atoms with van der Waals surface area (Å²) in [4.78, 5) is 0. The van der Waals surface area contributed by atoms with E-state index in [4.69, 9.17) is 9.47 Å². The van der Waals surface area contributed by atoms with Crippen molar-refractivity contribution >= 4 is 15.9 Å². The second-order valence-electron chi connectivity index (χ2n) is 4.89. The van der Waals surface area contributed by atoms with Crippen molar-refractivity contribution in [3.8, 4) is 11.5 Å². The van der Waals surface area contributed by atoms with Crippen LogP contribution in [-0.4, -0.2) is 14.2 Å². The number of benzene rings is 2. The van der Waals surface area contributed by atoms with Gasteiger partial charge < -0.3 is 14.8 Å². The molecule has 3 nitrogen and oxygen atoms in total. The van der Waals surface area contributed by atoms with Gasteiger partial charge in [-0.05, 0) is 41.8 Å². The molecule has 0 aliphatic carbocycles. The van der Waals surface area contributed by atoms with Gasteiger partial charge >= 0.3 is 0 Å². The Morgan fingerprint density at radius 3 is 2.38 bits per heavy atom. The highest BCUT2D eigenvalue weighted by Gasteiger charge is 2.05. The molecule has 0 heterocycles. The van der Waals surface area contributed by atoms with Gasteiger partial charge in [0.05, 0.1) is 14.2 Å². The van der Waals surface area contributed by atoms with Gasteiger partial charge in [0, 0.05) is 17.6 Å². The molecule has 0 atom stereocenters. The molecule has 1 N–H and O–H groups in total. The molecule has 0 aliphatic rings. The Balaban J connectivity index is 1.97. The summed E-state index contributed by atoms with van der Waals surface area (Å²) in [5.74, 6) is 1.51. The van der Waals surface area contributed by atoms with Crippen LogP contribution in [0, 0.1) is 6.92 Å². The molecule has 4 heteroatoms. The van der Waals surface area contributed by atoms with E-state index in [2.05, 4.69) is 46.4 Å². The number of ether oxygens (including phenoxy) is 2. The van der Waals surface area contributed by atoms with Crippen LogP contribution in [0.5, 0.6) is 11.5 Å². The Hall–Kier alpha value is -1.52. The predicted molar refractivity (Wildman–Crippen MR) is 89.0 cm³/mol. The van der Waals surface area contributed by atoms with Crippen LogP contribution in [0.15, 0.2) is 40.9 Å². The molecule has 0 fully saturated rings. The van der Waals surface area contributed by atoms with Crippen molar-refractivity contribution in [2.24, 2.45) is 0 Å². The van der Waals surface area contributed by atoms with Crippen LogP contribution in [0.2, 0.25) is 0 Å². The fraction of sp³-hybridized carbons (Fsp3) is 0.294. The van der Waals surface area contributed by atoms with Crippen molar-refractivity contribution in [1.82, 2.24) is 5.32 Å². The second-order valence-corrected chi connectivity index (χ2v) is 5.74. The number of aryl methyl sites for hydroxylation is 1. The number of methoxy groups -OCH3 is 2. The minimum absolute atomic E-state index is 0.752. The molecule has 0 spiro atoms. The fourth-order valence-electron chi connectivity index (χ4n) is 2.13. The van der Waals surface area contributed by atoms with Crippen LogP contribution in [0.4, 0.5) is 0 Å². The van der Waals surface area contributed by atoms with E-state index in [1.54, 1.807) is 14.2 Å². The van der Waals surface area contributed by atoms with Crippen LogP contribution in [-0.2, 0) is 13.1 Å². The van der Waals surface area contributed by atoms with Crippen molar-refractivity contribution in [2.75, 3.05) is 14.2 Å². The maximum atomic E-state index is 5.31. The highest BCUT2D eigenvalue weighted by molar-refractivity contribution is 9.10. The Bertz CT molecular complexity index is 614. The lowest BCUT2D eigenvalue weighted by Gasteiger charge is -2.11. The van der Waals surface area contributed by atoms with Crippen LogP contribution >= 0.6 is 15.9 Å². The van der Waals surface area contributed by atoms with Crippen LogP contribution in [0.25, 0.3) is 0 Å². The zero-order chi connectivity index (χ0) is 15.2. The predicted octanol–water partition coefficient (Wildman–Crippen LogP) is 4.06. The Morgan fingerprint density at radius 1 is 0.952 bits per heavy atom. The third-order valence-corrected chi connectivity index (χ3v) is 4.04. The average Bonchev–Trinajstić information content (AvgIpc) is 2.49. The van der Waals surface area contributed by atoms with Gasteiger partial charge in [0.25, 0.3) is 0 Å². The summed E-state index contributed by atoms with van der Waals surface area (Å²) in [6.07, 6.45) is 0. The summed E-state index contributed by atoms with van der Waals surface area (Å²) >= 11 is 3.60. The van der Waals surface area contributed by atoms with Crippen molar-refractivity contribution in [3.63, 3.8) is 0 Å². The maximum absolute atomic E-state index is 5.31. The first kappa shape index (κ1) is 15.9. The first-order valence-electron chi connectivity index (χ1n) is 6.80. The molecule has 2 aromatic rings. The molecule has 0 saturated heterocycles. The molecule has 0 bridgehead atoms. The first-order chi connectivity index (χ1) is 10.1. The molecule has 2 aromatic carbocycles. The average molecular weight is 350 g/mol. The fourth-order valence-corrected chi connectivity index (χ4v) is 2.76. The van der Waals surface area contributed by atoms with Gasteiger partial charge in [0.1, 0.15) is 0 Å². The number of hydrogen-bond donors (Lipinski definition) is 1. The smallest absolute Gasteiger partial charge is 0.161 e. The van der Waals surface area contributed by atoms with Crippen molar-refractivity contribution in [2.45, 2.75) is 20.0 Å². The van der Waals surface area contributed by atoms with E-state index in [-0.39, 0.29) is 0 Å². The lowest BCUT2D eigenvalue weighted by molar-refractivity contribution is 0.354. The van der Waals surface area contributed by atoms with Crippen molar-refractivity contribution in [1.29, 1.82) is 0 Å². The minimum Gasteiger partial charge on any atom is -0.493 e. The summed E-state index contributed by atoms with van der Waals surface area (Å²) in [7, 11) is 3.29. The van der Waals surface area contributed by atoms with E-state index in [0.717, 1.165) is 34.6 Å². The van der Waals surface area contributed by atoms with E-state index in [0.29, 0.717) is 0 Å². The minimum atomic E-state index is 0.752. The third-order valence-electron chi connectivity index (χ3n) is 3.30. The molecular weight excluding hydrogens is 330 g/mol. The highest BCUT2D eigenvalue weighted by Crippen LogP contribution is 2.27. The van der Waals surface area contributed by atoms with Crippen molar-refractivity contribution in [3.05, 3.63) is 57.6 Å². The number of halogens is 1. The van der Waals surface area contributed by atoms with E-state index < -0.39 is 0 Å². The SMILES string of the molecule is COc1ccc(CNCc2ccc(C)cc2Br)cc1OC. The Labute approximate surface area is 134 Å². The Morgan fingerprint density at radius 2 is 1.71 bits per heavy atom. The summed E-state index contributed by atoms with van der Waals surface area (Å²) < 4.78 is 11.7. The molecule has 0 aromatic heterocycles. The summed E-state index contributed by atoms with van der Waals surface area (Å²) in [6, 6.07) is 12.4. The lowest BCUT2D eigenvalue weighted by atomic mass is 10.1. The van der Waals surface area contributed by atoms with Gasteiger partial charge in [-0.3, -0.25) is 0 Å². The largest absolute Gasteiger partial charge is 0.493 e. The highest BCUT2D eigenvalue weighted by atomic mass is 79.9. The van der Waals surface area contributed by atoms with Crippen LogP contribution in [0.1, 0.15) is 16.7 Å². The standard InChI is InChI=1S/C17H20BrNO2/c1-12-4-6-14(15(18)8-12)11-19-10-13-5-7-16(20-2)17(9-13)21-3/h4-9,19H,10-11H2,1-3H3. The van der Waals surface area contributed by atoms with E-state index in [1.807, 2.05) is 18.2 Å². The first-order valence-corrected chi connectivity index (χ1v) is 7.60. The van der Waals surface area contributed by atoms with Crippen LogP contribution < -0.4 is 14.8 Å². The zero-order valence-electron chi connectivity index (χ0n) is 12.6. The molecular formula is C17H20BrNO2. The van der Waals surface area contributed by atoms with E-state index >= 15 is 0 Å². The van der Waals surface area contributed by atoms with Gasteiger partial charge in [0.2, 0.25) is 0 Å². The monoisotopic (exact) mass is 349 g/mol. The molecule has 0 unspecified atom stereocenters. The quantitative estimate of drug-likeness (QED) is 0.852. The summed E-state index contributed by atoms with van der Waals surface area (Å²) in [5, 5.41) is 3.44. The zero-order valence-corrected chi connectivity index (χ0v) is 14.2. The van der Waals surface area contributed by atoms with E-state index in [9.17, 15) is 0 Å². The molecule has 0 aliphatic heterocycles. The number of hydrogen-bond acceptors (Lipinski definition) is 3. The van der Waals surface area contributed by atoms with Crippen LogP contribution in [0.3, 0.4) is 0 Å². The van der Waals surface area contributed by atoms with Gasteiger partial charge in [-0.1, -0.05) is 34.1 Å². The summed E-state index contributed by atoms with van der Waals surface area (Å²) in [5.41, 5.74) is 3.67. The summed E-state index contributed by atoms with van der Waals surface area (Å²) in [6.45, 7) is 3.68. The van der Waals surface area contributed by atoms with Gasteiger partial charge in [-0.25, -0.2) is 0 Å². The maximum Gasteiger partial charge on any atom is 0.161 e. The molecule has 2 rings (SSSR count). The molecule has 0 radical (unpaired) electrons. The molecule has 112 valence electrons.